The number of nitrogens with one attached hydrogen (secondary N) is 2. The van der Waals surface area contributed by atoms with E-state index in [-0.39, 0.29) is 5.82 Å². The van der Waals surface area contributed by atoms with Gasteiger partial charge in [0, 0.05) is 11.8 Å². The van der Waals surface area contributed by atoms with Crippen LogP contribution in [0.15, 0.2) is 55.0 Å². The van der Waals surface area contributed by atoms with E-state index in [4.69, 9.17) is 0 Å². The van der Waals surface area contributed by atoms with Gasteiger partial charge >= 0.3 is 0 Å². The van der Waals surface area contributed by atoms with Crippen molar-refractivity contribution in [3.63, 3.8) is 0 Å². The molecule has 0 spiro atoms. The summed E-state index contributed by atoms with van der Waals surface area (Å²) in [5, 5.41) is 12.0. The molecule has 0 aliphatic heterocycles. The van der Waals surface area contributed by atoms with Gasteiger partial charge in [0.15, 0.2) is 0 Å². The van der Waals surface area contributed by atoms with Crippen molar-refractivity contribution in [1.29, 1.82) is 0 Å². The minimum absolute atomic E-state index is 0.290. The van der Waals surface area contributed by atoms with Gasteiger partial charge in [-0.15, -0.1) is 10.2 Å². The summed E-state index contributed by atoms with van der Waals surface area (Å²) >= 11 is 0. The molecule has 0 amide bonds. The Hall–Kier alpha value is -3.35. The number of halogens is 1. The fraction of sp³-hybridized carbons (Fsp3) is 0.200. The van der Waals surface area contributed by atoms with E-state index in [1.54, 1.807) is 18.6 Å². The summed E-state index contributed by atoms with van der Waals surface area (Å²) in [5.41, 5.74) is 3.54. The van der Waals surface area contributed by atoms with Crippen molar-refractivity contribution in [3.05, 3.63) is 66.5 Å². The van der Waals surface area contributed by atoms with Gasteiger partial charge in [-0.2, -0.15) is 0 Å². The second kappa shape index (κ2) is 6.12. The molecule has 1 fully saturated rings. The third kappa shape index (κ3) is 2.71. The number of pyridine rings is 1. The van der Waals surface area contributed by atoms with Gasteiger partial charge in [0.05, 0.1) is 28.6 Å². The first-order valence-electron chi connectivity index (χ1n) is 8.90. The van der Waals surface area contributed by atoms with Crippen LogP contribution in [0.25, 0.3) is 22.3 Å². The number of rotatable bonds is 4. The highest BCUT2D eigenvalue weighted by atomic mass is 19.1. The number of H-pyrrole nitrogens is 1. The molecule has 6 nitrogen and oxygen atoms in total. The average Bonchev–Trinajstić information content (AvgIpc) is 3.14. The molecular formula is C20H17FN6. The first kappa shape index (κ1) is 15.9. The predicted octanol–water partition coefficient (Wildman–Crippen LogP) is 4.05. The van der Waals surface area contributed by atoms with Crippen molar-refractivity contribution in [3.8, 4) is 11.3 Å². The van der Waals surface area contributed by atoms with E-state index in [1.165, 1.54) is 6.07 Å². The largest absolute Gasteiger partial charge is 0.357 e. The molecule has 134 valence electrons. The van der Waals surface area contributed by atoms with Gasteiger partial charge < -0.3 is 10.3 Å². The molecule has 1 aliphatic carbocycles. The van der Waals surface area contributed by atoms with Gasteiger partial charge in [-0.1, -0.05) is 6.07 Å². The summed E-state index contributed by atoms with van der Waals surface area (Å²) < 4.78 is 14.2. The fourth-order valence-corrected chi connectivity index (χ4v) is 3.58. The van der Waals surface area contributed by atoms with Crippen molar-refractivity contribution >= 4 is 16.9 Å². The molecule has 0 radical (unpaired) electrons. The number of hydrogen-bond donors (Lipinski definition) is 2. The quantitative estimate of drug-likeness (QED) is 0.574. The summed E-state index contributed by atoms with van der Waals surface area (Å²) in [5.74, 6) is 0.327. The summed E-state index contributed by atoms with van der Waals surface area (Å²) in [4.78, 5) is 11.6. The maximum Gasteiger partial charge on any atom is 0.149 e. The van der Waals surface area contributed by atoms with Gasteiger partial charge in [-0.3, -0.25) is 4.98 Å². The van der Waals surface area contributed by atoms with Crippen molar-refractivity contribution in [2.24, 2.45) is 0 Å². The minimum Gasteiger partial charge on any atom is -0.357 e. The van der Waals surface area contributed by atoms with E-state index in [2.05, 4.69) is 30.5 Å². The van der Waals surface area contributed by atoms with Crippen LogP contribution in [0.4, 0.5) is 10.2 Å². The van der Waals surface area contributed by atoms with Crippen LogP contribution >= 0.6 is 0 Å². The number of fused-ring (bicyclic) bond motifs is 1. The molecule has 0 unspecified atom stereocenters. The van der Waals surface area contributed by atoms with Crippen LogP contribution in [0, 0.1) is 5.82 Å². The third-order valence-electron chi connectivity index (χ3n) is 5.17. The zero-order valence-electron chi connectivity index (χ0n) is 14.5. The highest BCUT2D eigenvalue weighted by Crippen LogP contribution is 2.43. The summed E-state index contributed by atoms with van der Waals surface area (Å²) in [6.07, 6.45) is 5.96. The Bertz CT molecular complexity index is 1100. The van der Waals surface area contributed by atoms with Gasteiger partial charge in [0.25, 0.3) is 0 Å². The summed E-state index contributed by atoms with van der Waals surface area (Å²) in [6, 6.07) is 12.8. The zero-order chi connectivity index (χ0) is 18.3. The van der Waals surface area contributed by atoms with Crippen molar-refractivity contribution in [2.75, 3.05) is 5.32 Å². The monoisotopic (exact) mass is 360 g/mol. The van der Waals surface area contributed by atoms with E-state index in [1.807, 2.05) is 30.3 Å². The number of benzene rings is 1. The molecule has 27 heavy (non-hydrogen) atoms. The van der Waals surface area contributed by atoms with E-state index in [0.717, 1.165) is 41.6 Å². The van der Waals surface area contributed by atoms with Crippen LogP contribution < -0.4 is 5.32 Å². The molecule has 7 heteroatoms. The lowest BCUT2D eigenvalue weighted by Crippen LogP contribution is -2.43. The number of hydrogen-bond acceptors (Lipinski definition) is 5. The van der Waals surface area contributed by atoms with Crippen LogP contribution in [0.1, 0.15) is 25.0 Å². The van der Waals surface area contributed by atoms with Crippen LogP contribution in [-0.2, 0) is 5.54 Å². The van der Waals surface area contributed by atoms with Gasteiger partial charge in [0.1, 0.15) is 17.3 Å². The number of aromatic amines is 1. The second-order valence-electron chi connectivity index (χ2n) is 6.83. The van der Waals surface area contributed by atoms with E-state index in [9.17, 15) is 4.39 Å². The Balaban J connectivity index is 1.42. The first-order valence-corrected chi connectivity index (χ1v) is 8.90. The van der Waals surface area contributed by atoms with Crippen molar-refractivity contribution < 1.29 is 4.39 Å². The lowest BCUT2D eigenvalue weighted by atomic mass is 9.74. The fourth-order valence-electron chi connectivity index (χ4n) is 3.58. The molecule has 0 bridgehead atoms. The van der Waals surface area contributed by atoms with Crippen molar-refractivity contribution in [1.82, 2.24) is 25.1 Å². The number of anilines is 1. The van der Waals surface area contributed by atoms with Crippen LogP contribution in [-0.4, -0.2) is 25.1 Å². The first-order chi connectivity index (χ1) is 13.2. The molecule has 0 atom stereocenters. The summed E-state index contributed by atoms with van der Waals surface area (Å²) in [7, 11) is 0. The molecule has 2 N–H and O–H groups in total. The smallest absolute Gasteiger partial charge is 0.149 e. The van der Waals surface area contributed by atoms with Crippen molar-refractivity contribution in [2.45, 2.75) is 24.8 Å². The predicted molar refractivity (Wildman–Crippen MR) is 100 cm³/mol. The zero-order valence-corrected chi connectivity index (χ0v) is 14.5. The molecule has 1 aromatic carbocycles. The second-order valence-corrected chi connectivity index (χ2v) is 6.83. The van der Waals surface area contributed by atoms with Gasteiger partial charge in [-0.05, 0) is 55.7 Å². The Morgan fingerprint density at radius 1 is 1.04 bits per heavy atom. The van der Waals surface area contributed by atoms with E-state index >= 15 is 0 Å². The Morgan fingerprint density at radius 2 is 1.96 bits per heavy atom. The van der Waals surface area contributed by atoms with Crippen LogP contribution in [0.2, 0.25) is 0 Å². The number of aromatic nitrogens is 5. The van der Waals surface area contributed by atoms with Gasteiger partial charge in [-0.25, -0.2) is 9.37 Å². The molecule has 3 aromatic heterocycles. The average molecular weight is 360 g/mol. The van der Waals surface area contributed by atoms with E-state index in [0.29, 0.717) is 11.5 Å². The van der Waals surface area contributed by atoms with Gasteiger partial charge in [0.2, 0.25) is 0 Å². The normalized spacial score (nSPS) is 15.4. The Labute approximate surface area is 154 Å². The lowest BCUT2D eigenvalue weighted by Gasteiger charge is -2.42. The minimum atomic E-state index is -0.504. The molecule has 1 saturated carbocycles. The highest BCUT2D eigenvalue weighted by Gasteiger charge is 2.42. The highest BCUT2D eigenvalue weighted by molar-refractivity contribution is 5.80. The molecular weight excluding hydrogens is 343 g/mol. The van der Waals surface area contributed by atoms with Crippen LogP contribution in [0.5, 0.6) is 0 Å². The maximum atomic E-state index is 14.2. The van der Waals surface area contributed by atoms with Crippen LogP contribution in [0.3, 0.4) is 0 Å². The standard InChI is InChI=1S/C20H17FN6/c21-14-3-1-10-22-19(14)20(8-2-9-20)25-18-7-6-15(26-27-18)13-4-5-16-17(11-13)24-12-23-16/h1,3-7,10-12H,2,8-9H2,(H,23,24)(H,25,27). The summed E-state index contributed by atoms with van der Waals surface area (Å²) in [6.45, 7) is 0. The molecule has 4 aromatic rings. The molecule has 3 heterocycles. The number of nitrogens with zero attached hydrogens (tertiary/aromatic N) is 4. The molecule has 0 saturated heterocycles. The number of imidazole rings is 1. The van der Waals surface area contributed by atoms with E-state index < -0.39 is 5.54 Å². The SMILES string of the molecule is Fc1cccnc1C1(Nc2ccc(-c3ccc4nc[nH]c4c3)nn2)CCC1. The maximum absolute atomic E-state index is 14.2. The topological polar surface area (TPSA) is 79.4 Å². The molecule has 1 aliphatic rings. The third-order valence-corrected chi connectivity index (χ3v) is 5.17. The Morgan fingerprint density at radius 3 is 2.70 bits per heavy atom. The molecule has 5 rings (SSSR count). The Kier molecular flexibility index (Phi) is 3.60. The lowest BCUT2D eigenvalue weighted by molar-refractivity contribution is 0.265.